The van der Waals surface area contributed by atoms with Crippen LogP contribution in [0.15, 0.2) is 29.3 Å². The number of aromatic nitrogens is 1. The minimum Gasteiger partial charge on any atom is -0.405 e. The summed E-state index contributed by atoms with van der Waals surface area (Å²) in [6.07, 6.45) is 0.398. The molecule has 0 saturated carbocycles. The number of ether oxygens (including phenoxy) is 1. The lowest BCUT2D eigenvalue weighted by molar-refractivity contribution is -0.146. The molecule has 1 aliphatic heterocycles. The molecule has 10 heteroatoms. The molecule has 0 radical (unpaired) electrons. The van der Waals surface area contributed by atoms with Crippen LogP contribution in [0.4, 0.5) is 0 Å². The van der Waals surface area contributed by atoms with Crippen molar-refractivity contribution >= 4 is 23.6 Å². The molecule has 0 aliphatic carbocycles. The van der Waals surface area contributed by atoms with Crippen LogP contribution in [0.1, 0.15) is 55.5 Å². The lowest BCUT2D eigenvalue weighted by Gasteiger charge is -2.43. The molecule has 1 fully saturated rings. The minimum atomic E-state index is -1.23. The first-order valence-electron chi connectivity index (χ1n) is 12.2. The molecule has 9 nitrogen and oxygen atoms in total. The average molecular weight is 521 g/mol. The van der Waals surface area contributed by atoms with Crippen LogP contribution in [0.25, 0.3) is 0 Å². The Morgan fingerprint density at radius 2 is 1.84 bits per heavy atom. The maximum Gasteiger partial charge on any atom is 0.333 e. The first kappa shape index (κ1) is 28.1. The largest absolute Gasteiger partial charge is 0.405 e. The van der Waals surface area contributed by atoms with Gasteiger partial charge in [-0.25, -0.2) is 9.78 Å². The van der Waals surface area contributed by atoms with Crippen LogP contribution in [0.2, 0.25) is 0 Å². The molecule has 3 rings (SSSR count). The number of amides is 1. The van der Waals surface area contributed by atoms with Crippen LogP contribution < -0.4 is 21.1 Å². The monoisotopic (exact) mass is 520 g/mol. The maximum atomic E-state index is 13.3. The van der Waals surface area contributed by atoms with Crippen LogP contribution in [0, 0.1) is 34.5 Å². The number of thioether (sulfide) groups is 1. The summed E-state index contributed by atoms with van der Waals surface area (Å²) in [4.78, 5) is 28.9. The molecule has 0 spiro atoms. The first-order valence-corrected chi connectivity index (χ1v) is 13.2. The smallest absolute Gasteiger partial charge is 0.333 e. The number of hydrogen-bond donors (Lipinski definition) is 3. The molecule has 1 aromatic carbocycles. The maximum absolute atomic E-state index is 13.3. The Kier molecular flexibility index (Phi) is 9.28. The topological polar surface area (TPSA) is 154 Å². The molecule has 2 heterocycles. The average Bonchev–Trinajstić information content (AvgIpc) is 2.84. The summed E-state index contributed by atoms with van der Waals surface area (Å²) in [5.41, 5.74) is 8.18. The number of nitrogens with one attached hydrogen (secondary N) is 2. The summed E-state index contributed by atoms with van der Waals surface area (Å²) in [7, 11) is 0. The fourth-order valence-electron chi connectivity index (χ4n) is 4.16. The van der Waals surface area contributed by atoms with Gasteiger partial charge in [-0.15, -0.1) is 11.8 Å². The van der Waals surface area contributed by atoms with Crippen molar-refractivity contribution in [3.63, 3.8) is 0 Å². The van der Waals surface area contributed by atoms with Gasteiger partial charge in [-0.3, -0.25) is 4.79 Å². The van der Waals surface area contributed by atoms with Gasteiger partial charge in [0.25, 0.3) is 0 Å². The Balaban J connectivity index is 1.89. The molecule has 1 amide bonds. The fraction of sp³-hybridized carbons (Fsp3) is 0.444. The van der Waals surface area contributed by atoms with Gasteiger partial charge in [-0.05, 0) is 29.0 Å². The highest BCUT2D eigenvalue weighted by Gasteiger charge is 2.49. The van der Waals surface area contributed by atoms with Gasteiger partial charge in [0.05, 0.1) is 5.56 Å². The summed E-state index contributed by atoms with van der Waals surface area (Å²) >= 11 is 1.33. The van der Waals surface area contributed by atoms with Crippen molar-refractivity contribution < 1.29 is 14.3 Å². The van der Waals surface area contributed by atoms with Crippen LogP contribution in [0.5, 0.6) is 5.88 Å². The third-order valence-electron chi connectivity index (χ3n) is 6.71. The van der Waals surface area contributed by atoms with E-state index in [-0.39, 0.29) is 29.2 Å². The van der Waals surface area contributed by atoms with Gasteiger partial charge in [0.15, 0.2) is 0 Å². The van der Waals surface area contributed by atoms with Gasteiger partial charge in [0.2, 0.25) is 11.8 Å². The summed E-state index contributed by atoms with van der Waals surface area (Å²) in [5.74, 6) is -0.607. The fourth-order valence-corrected chi connectivity index (χ4v) is 5.11. The number of nitriles is 2. The van der Waals surface area contributed by atoms with E-state index in [2.05, 4.69) is 27.8 Å². The third kappa shape index (κ3) is 6.11. The molecule has 1 aromatic heterocycles. The highest BCUT2D eigenvalue weighted by Crippen LogP contribution is 2.35. The predicted octanol–water partition coefficient (Wildman–Crippen LogP) is 2.79. The van der Waals surface area contributed by atoms with Gasteiger partial charge in [0.1, 0.15) is 28.3 Å². The number of carbonyl (C=O) groups excluding carboxylic acids is 2. The molecule has 2 aromatic rings. The lowest BCUT2D eigenvalue weighted by Crippen LogP contribution is -2.68. The second kappa shape index (κ2) is 12.2. The number of nitrogens with two attached hydrogens (primary N) is 1. The van der Waals surface area contributed by atoms with Crippen molar-refractivity contribution in [3.8, 4) is 18.0 Å². The van der Waals surface area contributed by atoms with E-state index in [0.29, 0.717) is 48.0 Å². The molecule has 4 N–H and O–H groups in total. The summed E-state index contributed by atoms with van der Waals surface area (Å²) < 4.78 is 5.73. The SMILES string of the molecule is CCc1c(C#N)c(OC(=O)[C@@](N)(C(C)C)C2CNC2)nc(SCc2ccc(CNC(C)=O)cc2)c1C#N. The quantitative estimate of drug-likeness (QED) is 0.317. The van der Waals surface area contributed by atoms with Crippen LogP contribution in [-0.4, -0.2) is 35.5 Å². The van der Waals surface area contributed by atoms with E-state index in [4.69, 9.17) is 10.5 Å². The highest BCUT2D eigenvalue weighted by molar-refractivity contribution is 7.98. The van der Waals surface area contributed by atoms with E-state index in [1.54, 1.807) is 0 Å². The zero-order valence-corrected chi connectivity index (χ0v) is 22.4. The summed E-state index contributed by atoms with van der Waals surface area (Å²) in [5, 5.41) is 26.1. The molecule has 194 valence electrons. The van der Waals surface area contributed by atoms with E-state index in [9.17, 15) is 20.1 Å². The van der Waals surface area contributed by atoms with E-state index >= 15 is 0 Å². The van der Waals surface area contributed by atoms with Crippen LogP contribution in [0.3, 0.4) is 0 Å². The minimum absolute atomic E-state index is 0.0805. The van der Waals surface area contributed by atoms with Crippen molar-refractivity contribution in [3.05, 3.63) is 52.1 Å². The standard InChI is InChI=1S/C27H32N6O3S/c1-5-21-22(10-28)24(36-26(35)27(30,16(2)3)20-13-31-14-20)33-25(23(21)11-29)37-15-19-8-6-18(7-9-19)12-32-17(4)34/h6-9,16,20,31H,5,12-15,30H2,1-4H3,(H,32,34)/t27-/m1/s1. The molecule has 1 saturated heterocycles. The molecule has 0 bridgehead atoms. The Bertz CT molecular complexity index is 1240. The van der Waals surface area contributed by atoms with E-state index in [1.807, 2.05) is 45.0 Å². The van der Waals surface area contributed by atoms with Crippen molar-refractivity contribution in [2.75, 3.05) is 13.1 Å². The zero-order valence-electron chi connectivity index (χ0n) is 21.6. The molecular weight excluding hydrogens is 488 g/mol. The zero-order chi connectivity index (χ0) is 27.2. The van der Waals surface area contributed by atoms with Gasteiger partial charge >= 0.3 is 5.97 Å². The second-order valence-corrected chi connectivity index (χ2v) is 10.3. The van der Waals surface area contributed by atoms with Crippen molar-refractivity contribution in [1.82, 2.24) is 15.6 Å². The van der Waals surface area contributed by atoms with Crippen molar-refractivity contribution in [2.24, 2.45) is 17.6 Å². The van der Waals surface area contributed by atoms with Crippen molar-refractivity contribution in [2.45, 2.75) is 57.0 Å². The Morgan fingerprint density at radius 3 is 2.32 bits per heavy atom. The van der Waals surface area contributed by atoms with Crippen LogP contribution in [-0.2, 0) is 28.3 Å². The third-order valence-corrected chi connectivity index (χ3v) is 7.75. The van der Waals surface area contributed by atoms with Crippen molar-refractivity contribution in [1.29, 1.82) is 10.5 Å². The highest BCUT2D eigenvalue weighted by atomic mass is 32.2. The predicted molar refractivity (Wildman–Crippen MR) is 140 cm³/mol. The molecule has 1 atom stereocenters. The summed E-state index contributed by atoms with van der Waals surface area (Å²) in [6.45, 7) is 8.73. The van der Waals surface area contributed by atoms with Gasteiger partial charge in [-0.2, -0.15) is 10.5 Å². The van der Waals surface area contributed by atoms with E-state index < -0.39 is 11.5 Å². The molecular formula is C27H32N6O3S. The Hall–Kier alpha value is -3.44. The summed E-state index contributed by atoms with van der Waals surface area (Å²) in [6, 6.07) is 12.0. The van der Waals surface area contributed by atoms with Gasteiger partial charge in [0, 0.05) is 38.2 Å². The molecule has 37 heavy (non-hydrogen) atoms. The van der Waals surface area contributed by atoms with Gasteiger partial charge in [-0.1, -0.05) is 45.0 Å². The first-order chi connectivity index (χ1) is 17.6. The number of esters is 1. The van der Waals surface area contributed by atoms with E-state index in [0.717, 1.165) is 11.1 Å². The van der Waals surface area contributed by atoms with E-state index in [1.165, 1.54) is 18.7 Å². The molecule has 0 unspecified atom stereocenters. The second-order valence-electron chi connectivity index (χ2n) is 9.38. The normalized spacial score (nSPS) is 14.7. The lowest BCUT2D eigenvalue weighted by atomic mass is 9.73. The number of pyridine rings is 1. The number of rotatable bonds is 10. The van der Waals surface area contributed by atoms with Crippen LogP contribution >= 0.6 is 11.8 Å². The molecule has 1 aliphatic rings. The number of nitrogens with zero attached hydrogens (tertiary/aromatic N) is 3. The Labute approximate surface area is 221 Å². The van der Waals surface area contributed by atoms with Gasteiger partial charge < -0.3 is 21.1 Å². The number of hydrogen-bond acceptors (Lipinski definition) is 9. The number of benzene rings is 1. The Morgan fingerprint density at radius 1 is 1.22 bits per heavy atom. The number of carbonyl (C=O) groups is 2.